The third kappa shape index (κ3) is 4.33. The molecule has 1 unspecified atom stereocenters. The summed E-state index contributed by atoms with van der Waals surface area (Å²) in [6, 6.07) is 24.0. The lowest BCUT2D eigenvalue weighted by Gasteiger charge is -2.19. The monoisotopic (exact) mass is 413 g/mol. The number of esters is 1. The second kappa shape index (κ2) is 8.83. The molecule has 6 nitrogen and oxygen atoms in total. The number of carbonyl (C=O) groups excluding carboxylic acids is 2. The minimum absolute atomic E-state index is 0.218. The highest BCUT2D eigenvalue weighted by Crippen LogP contribution is 2.22. The summed E-state index contributed by atoms with van der Waals surface area (Å²) in [6.45, 7) is 0. The van der Waals surface area contributed by atoms with E-state index in [0.717, 1.165) is 22.4 Å². The number of hydrogen-bond acceptors (Lipinski definition) is 4. The van der Waals surface area contributed by atoms with Gasteiger partial charge in [-0.3, -0.25) is 4.79 Å². The number of aryl methyl sites for hydroxylation is 1. The molecule has 0 spiro atoms. The maximum atomic E-state index is 13.0. The van der Waals surface area contributed by atoms with E-state index in [4.69, 9.17) is 9.72 Å². The van der Waals surface area contributed by atoms with E-state index in [0.29, 0.717) is 17.5 Å². The molecule has 3 aromatic carbocycles. The summed E-state index contributed by atoms with van der Waals surface area (Å²) in [4.78, 5) is 29.4. The molecule has 0 aliphatic carbocycles. The highest BCUT2D eigenvalue weighted by molar-refractivity contribution is 5.96. The smallest absolute Gasteiger partial charge is 0.337 e. The molecule has 0 aliphatic rings. The van der Waals surface area contributed by atoms with Gasteiger partial charge < -0.3 is 14.6 Å². The molecule has 1 N–H and O–H groups in total. The number of rotatable bonds is 6. The van der Waals surface area contributed by atoms with Gasteiger partial charge >= 0.3 is 5.97 Å². The predicted octanol–water partition coefficient (Wildman–Crippen LogP) is 4.07. The number of methoxy groups -OCH3 is 1. The molecule has 0 bridgehead atoms. The first-order valence-corrected chi connectivity index (χ1v) is 10.0. The lowest BCUT2D eigenvalue weighted by molar-refractivity contribution is 0.0600. The molecule has 4 aromatic rings. The number of aromatic nitrogens is 2. The molecule has 31 heavy (non-hydrogen) atoms. The molecular weight excluding hydrogens is 390 g/mol. The highest BCUT2D eigenvalue weighted by Gasteiger charge is 2.20. The minimum Gasteiger partial charge on any atom is -0.465 e. The maximum absolute atomic E-state index is 13.0. The molecule has 0 aliphatic heterocycles. The largest absolute Gasteiger partial charge is 0.465 e. The third-order valence-corrected chi connectivity index (χ3v) is 5.34. The number of para-hydroxylation sites is 2. The number of carbonyl (C=O) groups is 2. The van der Waals surface area contributed by atoms with Crippen LogP contribution in [-0.4, -0.2) is 28.5 Å². The number of nitrogens with zero attached hydrogens (tertiary/aromatic N) is 2. The Balaban J connectivity index is 1.60. The molecule has 0 fully saturated rings. The number of benzene rings is 3. The Labute approximate surface area is 180 Å². The number of imidazole rings is 1. The van der Waals surface area contributed by atoms with Gasteiger partial charge in [0.05, 0.1) is 29.7 Å². The second-order valence-corrected chi connectivity index (χ2v) is 7.29. The lowest BCUT2D eigenvalue weighted by Crippen LogP contribution is -2.30. The van der Waals surface area contributed by atoms with Crippen molar-refractivity contribution in [3.63, 3.8) is 0 Å². The van der Waals surface area contributed by atoms with Crippen molar-refractivity contribution in [3.8, 4) is 0 Å². The zero-order valence-corrected chi connectivity index (χ0v) is 17.4. The standard InChI is InChI=1S/C25H23N3O3/c1-28-22-11-7-6-10-20(22)26-23(28)16-21(17-8-4-3-5-9-17)27-24(29)18-12-14-19(15-13-18)25(30)31-2/h3-15,21H,16H2,1-2H3,(H,27,29). The van der Waals surface area contributed by atoms with Crippen LogP contribution in [0.4, 0.5) is 0 Å². The van der Waals surface area contributed by atoms with Crippen molar-refractivity contribution in [1.82, 2.24) is 14.9 Å². The summed E-state index contributed by atoms with van der Waals surface area (Å²) < 4.78 is 6.77. The van der Waals surface area contributed by atoms with Crippen molar-refractivity contribution >= 4 is 22.9 Å². The van der Waals surface area contributed by atoms with Gasteiger partial charge in [0, 0.05) is 19.0 Å². The summed E-state index contributed by atoms with van der Waals surface area (Å²) in [7, 11) is 3.31. The third-order valence-electron chi connectivity index (χ3n) is 5.34. The molecule has 0 saturated heterocycles. The molecule has 156 valence electrons. The summed E-state index contributed by atoms with van der Waals surface area (Å²) in [6.07, 6.45) is 0.543. The van der Waals surface area contributed by atoms with Gasteiger partial charge in [-0.1, -0.05) is 42.5 Å². The molecule has 1 atom stereocenters. The lowest BCUT2D eigenvalue weighted by atomic mass is 10.0. The van der Waals surface area contributed by atoms with E-state index in [1.807, 2.05) is 61.6 Å². The van der Waals surface area contributed by atoms with E-state index in [1.165, 1.54) is 7.11 Å². The Morgan fingerprint density at radius 3 is 2.26 bits per heavy atom. The molecule has 6 heteroatoms. The van der Waals surface area contributed by atoms with Crippen LogP contribution < -0.4 is 5.32 Å². The van der Waals surface area contributed by atoms with Crippen LogP contribution in [0, 0.1) is 0 Å². The van der Waals surface area contributed by atoms with Gasteiger partial charge in [0.25, 0.3) is 5.91 Å². The number of ether oxygens (including phenoxy) is 1. The van der Waals surface area contributed by atoms with Gasteiger partial charge in [0.2, 0.25) is 0 Å². The first-order chi connectivity index (χ1) is 15.1. The Bertz CT molecular complexity index is 1210. The zero-order chi connectivity index (χ0) is 21.8. The van der Waals surface area contributed by atoms with E-state index in [2.05, 4.69) is 9.88 Å². The quantitative estimate of drug-likeness (QED) is 0.484. The van der Waals surface area contributed by atoms with Crippen LogP contribution in [0.25, 0.3) is 11.0 Å². The Morgan fingerprint density at radius 2 is 1.58 bits per heavy atom. The topological polar surface area (TPSA) is 73.2 Å². The van der Waals surface area contributed by atoms with Crippen molar-refractivity contribution in [3.05, 3.63) is 101 Å². The SMILES string of the molecule is COC(=O)c1ccc(C(=O)NC(Cc2nc3ccccc3n2C)c2ccccc2)cc1. The Morgan fingerprint density at radius 1 is 0.935 bits per heavy atom. The van der Waals surface area contributed by atoms with Gasteiger partial charge in [-0.05, 0) is 42.0 Å². The Hall–Kier alpha value is -3.93. The normalized spacial score (nSPS) is 11.8. The van der Waals surface area contributed by atoms with E-state index >= 15 is 0 Å². The van der Waals surface area contributed by atoms with Crippen LogP contribution in [0.3, 0.4) is 0 Å². The first-order valence-electron chi connectivity index (χ1n) is 10.0. The van der Waals surface area contributed by atoms with Crippen LogP contribution in [0.5, 0.6) is 0 Å². The highest BCUT2D eigenvalue weighted by atomic mass is 16.5. The van der Waals surface area contributed by atoms with Crippen molar-refractivity contribution in [1.29, 1.82) is 0 Å². The predicted molar refractivity (Wildman–Crippen MR) is 119 cm³/mol. The van der Waals surface area contributed by atoms with E-state index < -0.39 is 5.97 Å². The molecule has 1 aromatic heterocycles. The van der Waals surface area contributed by atoms with Crippen molar-refractivity contribution < 1.29 is 14.3 Å². The number of hydrogen-bond donors (Lipinski definition) is 1. The molecular formula is C25H23N3O3. The molecule has 1 amide bonds. The summed E-state index contributed by atoms with van der Waals surface area (Å²) in [5.74, 6) is 0.233. The fourth-order valence-corrected chi connectivity index (χ4v) is 3.62. The van der Waals surface area contributed by atoms with Crippen LogP contribution in [0.2, 0.25) is 0 Å². The molecule has 1 heterocycles. The van der Waals surface area contributed by atoms with E-state index in [1.54, 1.807) is 24.3 Å². The second-order valence-electron chi connectivity index (χ2n) is 7.29. The number of amides is 1. The number of fused-ring (bicyclic) bond motifs is 1. The fourth-order valence-electron chi connectivity index (χ4n) is 3.62. The zero-order valence-electron chi connectivity index (χ0n) is 17.4. The first kappa shape index (κ1) is 20.3. The van der Waals surface area contributed by atoms with Crippen molar-refractivity contribution in [2.45, 2.75) is 12.5 Å². The fraction of sp³-hybridized carbons (Fsp3) is 0.160. The van der Waals surface area contributed by atoms with E-state index in [9.17, 15) is 9.59 Å². The molecule has 0 saturated carbocycles. The summed E-state index contributed by atoms with van der Waals surface area (Å²) >= 11 is 0. The van der Waals surface area contributed by atoms with Crippen molar-refractivity contribution in [2.24, 2.45) is 7.05 Å². The van der Waals surface area contributed by atoms with Crippen LogP contribution in [0.15, 0.2) is 78.9 Å². The summed E-state index contributed by atoms with van der Waals surface area (Å²) in [5.41, 5.74) is 3.84. The van der Waals surface area contributed by atoms with Crippen LogP contribution in [-0.2, 0) is 18.2 Å². The Kier molecular flexibility index (Phi) is 5.80. The van der Waals surface area contributed by atoms with Crippen LogP contribution in [0.1, 0.15) is 38.1 Å². The van der Waals surface area contributed by atoms with Gasteiger partial charge in [0.15, 0.2) is 0 Å². The molecule has 0 radical (unpaired) electrons. The van der Waals surface area contributed by atoms with Gasteiger partial charge in [-0.25, -0.2) is 9.78 Å². The number of nitrogens with one attached hydrogen (secondary N) is 1. The maximum Gasteiger partial charge on any atom is 0.337 e. The average Bonchev–Trinajstić information content (AvgIpc) is 3.14. The van der Waals surface area contributed by atoms with Gasteiger partial charge in [-0.15, -0.1) is 0 Å². The minimum atomic E-state index is -0.434. The van der Waals surface area contributed by atoms with Gasteiger partial charge in [-0.2, -0.15) is 0 Å². The van der Waals surface area contributed by atoms with Crippen LogP contribution >= 0.6 is 0 Å². The van der Waals surface area contributed by atoms with Crippen molar-refractivity contribution in [2.75, 3.05) is 7.11 Å². The van der Waals surface area contributed by atoms with Gasteiger partial charge in [0.1, 0.15) is 5.82 Å². The average molecular weight is 413 g/mol. The molecule has 4 rings (SSSR count). The summed E-state index contributed by atoms with van der Waals surface area (Å²) in [5, 5.41) is 3.12. The van der Waals surface area contributed by atoms with E-state index in [-0.39, 0.29) is 11.9 Å².